The highest BCUT2D eigenvalue weighted by Crippen LogP contribution is 2.21. The van der Waals surface area contributed by atoms with Gasteiger partial charge in [-0.25, -0.2) is 0 Å². The Balaban J connectivity index is 3.04. The Bertz CT molecular complexity index is 178. The van der Waals surface area contributed by atoms with Crippen molar-refractivity contribution in [3.05, 3.63) is 8.99 Å². The van der Waals surface area contributed by atoms with Crippen molar-refractivity contribution in [1.29, 1.82) is 0 Å². The Hall–Kier alpha value is 0.820. The molecule has 0 unspecified atom stereocenters. The van der Waals surface area contributed by atoms with Crippen LogP contribution in [-0.4, -0.2) is 6.26 Å². The second kappa shape index (κ2) is 14.9. The van der Waals surface area contributed by atoms with Crippen molar-refractivity contribution in [2.24, 2.45) is 0 Å². The first-order valence-electron chi connectivity index (χ1n) is 7.21. The fraction of sp³-hybridized carbons (Fsp3) is 0.867. The summed E-state index contributed by atoms with van der Waals surface area (Å²) in [6, 6.07) is 0. The molecule has 0 spiro atoms. The highest BCUT2D eigenvalue weighted by atomic mass is 127. The molecule has 0 nitrogen and oxygen atoms in total. The lowest BCUT2D eigenvalue weighted by Gasteiger charge is -2.01. The zero-order chi connectivity index (χ0) is 12.8. The van der Waals surface area contributed by atoms with Gasteiger partial charge in [-0.1, -0.05) is 70.8 Å². The van der Waals surface area contributed by atoms with E-state index in [9.17, 15) is 0 Å². The third-order valence-corrected chi connectivity index (χ3v) is 5.38. The van der Waals surface area contributed by atoms with Crippen LogP contribution in [0.5, 0.6) is 0 Å². The van der Waals surface area contributed by atoms with Crippen LogP contribution in [0.1, 0.15) is 77.6 Å². The molecule has 0 radical (unpaired) electrons. The average molecular weight is 368 g/mol. The molecule has 0 aromatic rings. The van der Waals surface area contributed by atoms with Crippen molar-refractivity contribution in [3.8, 4) is 0 Å². The zero-order valence-electron chi connectivity index (χ0n) is 11.6. The first kappa shape index (κ1) is 17.8. The highest BCUT2D eigenvalue weighted by molar-refractivity contribution is 14.1. The van der Waals surface area contributed by atoms with E-state index in [1.165, 1.54) is 73.5 Å². The molecular formula is C15H29IS. The van der Waals surface area contributed by atoms with E-state index < -0.39 is 0 Å². The summed E-state index contributed by atoms with van der Waals surface area (Å²) < 4.78 is 1.44. The molecule has 0 aromatic carbocycles. The summed E-state index contributed by atoms with van der Waals surface area (Å²) in [5.41, 5.74) is 0. The zero-order valence-corrected chi connectivity index (χ0v) is 14.6. The van der Waals surface area contributed by atoms with Gasteiger partial charge in [0.2, 0.25) is 0 Å². The van der Waals surface area contributed by atoms with Crippen LogP contribution >= 0.6 is 34.4 Å². The molecule has 0 heterocycles. The van der Waals surface area contributed by atoms with Gasteiger partial charge in [0.15, 0.2) is 0 Å². The fourth-order valence-corrected chi connectivity index (χ4v) is 2.53. The summed E-state index contributed by atoms with van der Waals surface area (Å²) in [5.74, 6) is 0. The summed E-state index contributed by atoms with van der Waals surface area (Å²) in [4.78, 5) is 0. The van der Waals surface area contributed by atoms with Crippen LogP contribution in [0, 0.1) is 0 Å². The van der Waals surface area contributed by atoms with E-state index in [-0.39, 0.29) is 0 Å². The highest BCUT2D eigenvalue weighted by Gasteiger charge is 1.92. The Kier molecular flexibility index (Phi) is 15.6. The van der Waals surface area contributed by atoms with E-state index in [4.69, 9.17) is 0 Å². The lowest BCUT2D eigenvalue weighted by molar-refractivity contribution is 0.557. The van der Waals surface area contributed by atoms with Crippen LogP contribution in [0.2, 0.25) is 0 Å². The van der Waals surface area contributed by atoms with Crippen molar-refractivity contribution in [3.63, 3.8) is 0 Å². The Labute approximate surface area is 127 Å². The minimum atomic E-state index is 1.27. The van der Waals surface area contributed by atoms with Crippen molar-refractivity contribution in [2.75, 3.05) is 6.26 Å². The largest absolute Gasteiger partial charge is 0.123 e. The summed E-state index contributed by atoms with van der Waals surface area (Å²) in [5, 5.41) is 0. The SMILES string of the molecule is CCCCCCCCCCCC/C=C(\I)SC. The Morgan fingerprint density at radius 3 is 1.82 bits per heavy atom. The molecule has 0 rings (SSSR count). The molecule has 0 amide bonds. The predicted octanol–water partition coefficient (Wildman–Crippen LogP) is 6.94. The van der Waals surface area contributed by atoms with Gasteiger partial charge in [0.25, 0.3) is 0 Å². The maximum atomic E-state index is 2.42. The van der Waals surface area contributed by atoms with Crippen molar-refractivity contribution in [1.82, 2.24) is 0 Å². The van der Waals surface area contributed by atoms with Crippen LogP contribution in [0.25, 0.3) is 0 Å². The second-order valence-electron chi connectivity index (χ2n) is 4.68. The molecule has 0 aliphatic carbocycles. The van der Waals surface area contributed by atoms with Gasteiger partial charge in [-0.05, 0) is 41.7 Å². The van der Waals surface area contributed by atoms with E-state index in [1.54, 1.807) is 0 Å². The normalized spacial score (nSPS) is 12.1. The second-order valence-corrected chi connectivity index (χ2v) is 7.43. The molecule has 0 aliphatic heterocycles. The van der Waals surface area contributed by atoms with Gasteiger partial charge in [-0.2, -0.15) is 0 Å². The van der Waals surface area contributed by atoms with Gasteiger partial charge >= 0.3 is 0 Å². The summed E-state index contributed by atoms with van der Waals surface area (Å²) >= 11 is 4.27. The summed E-state index contributed by atoms with van der Waals surface area (Å²) in [6.45, 7) is 2.28. The first-order chi connectivity index (χ1) is 8.31. The number of rotatable bonds is 12. The minimum absolute atomic E-state index is 1.27. The van der Waals surface area contributed by atoms with Gasteiger partial charge in [-0.3, -0.25) is 0 Å². The van der Waals surface area contributed by atoms with E-state index in [0.717, 1.165) is 0 Å². The Morgan fingerprint density at radius 2 is 1.35 bits per heavy atom. The lowest BCUT2D eigenvalue weighted by Crippen LogP contribution is -1.81. The standard InChI is InChI=1S/C15H29IS/c1-3-4-5-6-7-8-9-10-11-12-13-14-15(16)17-2/h14H,3-13H2,1-2H3/b15-14+. The molecule has 0 bridgehead atoms. The van der Waals surface area contributed by atoms with Crippen LogP contribution in [-0.2, 0) is 0 Å². The van der Waals surface area contributed by atoms with Crippen LogP contribution < -0.4 is 0 Å². The Morgan fingerprint density at radius 1 is 0.882 bits per heavy atom. The molecule has 2 heteroatoms. The molecule has 17 heavy (non-hydrogen) atoms. The quantitative estimate of drug-likeness (QED) is 0.266. The van der Waals surface area contributed by atoms with Gasteiger partial charge in [0.1, 0.15) is 0 Å². The maximum Gasteiger partial charge on any atom is 0.0414 e. The minimum Gasteiger partial charge on any atom is -0.123 e. The number of unbranched alkanes of at least 4 members (excludes halogenated alkanes) is 10. The van der Waals surface area contributed by atoms with Gasteiger partial charge in [0, 0.05) is 2.91 Å². The molecule has 0 aromatic heterocycles. The topological polar surface area (TPSA) is 0 Å². The third-order valence-electron chi connectivity index (χ3n) is 3.06. The molecule has 0 atom stereocenters. The van der Waals surface area contributed by atoms with Crippen LogP contribution in [0.4, 0.5) is 0 Å². The molecule has 0 saturated heterocycles. The summed E-state index contributed by atoms with van der Waals surface area (Å²) in [7, 11) is 0. The van der Waals surface area contributed by atoms with Crippen LogP contribution in [0.3, 0.4) is 0 Å². The third kappa shape index (κ3) is 14.8. The van der Waals surface area contributed by atoms with E-state index in [0.29, 0.717) is 0 Å². The van der Waals surface area contributed by atoms with E-state index >= 15 is 0 Å². The number of thioether (sulfide) groups is 1. The van der Waals surface area contributed by atoms with Gasteiger partial charge < -0.3 is 0 Å². The summed E-state index contributed by atoms with van der Waals surface area (Å²) in [6.07, 6.45) is 20.1. The lowest BCUT2D eigenvalue weighted by atomic mass is 10.1. The molecule has 0 N–H and O–H groups in total. The van der Waals surface area contributed by atoms with Crippen LogP contribution in [0.15, 0.2) is 8.99 Å². The van der Waals surface area contributed by atoms with Crippen molar-refractivity contribution in [2.45, 2.75) is 77.6 Å². The first-order valence-corrected chi connectivity index (χ1v) is 9.51. The predicted molar refractivity (Wildman–Crippen MR) is 92.1 cm³/mol. The van der Waals surface area contributed by atoms with Crippen molar-refractivity contribution >= 4 is 34.4 Å². The number of allylic oxidation sites excluding steroid dienone is 1. The average Bonchev–Trinajstić information content (AvgIpc) is 2.35. The maximum absolute atomic E-state index is 2.42. The number of halogens is 1. The molecule has 0 fully saturated rings. The monoisotopic (exact) mass is 368 g/mol. The fourth-order valence-electron chi connectivity index (χ4n) is 1.93. The van der Waals surface area contributed by atoms with E-state index in [1.807, 2.05) is 11.8 Å². The number of hydrogen-bond acceptors (Lipinski definition) is 1. The smallest absolute Gasteiger partial charge is 0.0414 e. The van der Waals surface area contributed by atoms with E-state index in [2.05, 4.69) is 41.8 Å². The molecule has 0 saturated carbocycles. The number of hydrogen-bond donors (Lipinski definition) is 0. The van der Waals surface area contributed by atoms with Gasteiger partial charge in [-0.15, -0.1) is 11.8 Å². The molecule has 102 valence electrons. The molecular weight excluding hydrogens is 339 g/mol. The molecule has 0 aliphatic rings. The van der Waals surface area contributed by atoms with Gasteiger partial charge in [0.05, 0.1) is 0 Å². The van der Waals surface area contributed by atoms with Crippen molar-refractivity contribution < 1.29 is 0 Å².